The minimum absolute atomic E-state index is 0.0408. The first-order valence-electron chi connectivity index (χ1n) is 5.37. The predicted molar refractivity (Wildman–Crippen MR) is 74.9 cm³/mol. The highest BCUT2D eigenvalue weighted by Crippen LogP contribution is 2.27. The number of thiazole rings is 1. The molecule has 1 atom stereocenters. The summed E-state index contributed by atoms with van der Waals surface area (Å²) in [5.74, 6) is 0. The highest BCUT2D eigenvalue weighted by atomic mass is 35.5. The maximum Gasteiger partial charge on any atom is 0.270 e. The zero-order valence-corrected chi connectivity index (χ0v) is 12.6. The van der Waals surface area contributed by atoms with E-state index in [4.69, 9.17) is 11.6 Å². The summed E-state index contributed by atoms with van der Waals surface area (Å²) in [5.41, 5.74) is 0.615. The quantitative estimate of drug-likeness (QED) is 0.809. The van der Waals surface area contributed by atoms with E-state index in [0.717, 1.165) is 20.3 Å². The molecule has 0 radical (unpaired) electrons. The Balaban J connectivity index is 2.47. The van der Waals surface area contributed by atoms with Gasteiger partial charge in [-0.25, -0.2) is 13.4 Å². The van der Waals surface area contributed by atoms with E-state index in [-0.39, 0.29) is 4.34 Å². The van der Waals surface area contributed by atoms with Gasteiger partial charge in [-0.1, -0.05) is 12.1 Å². The lowest BCUT2D eigenvalue weighted by molar-refractivity contribution is -0.114. The Morgan fingerprint density at radius 1 is 1.42 bits per heavy atom. The molecule has 1 heterocycles. The van der Waals surface area contributed by atoms with E-state index in [2.05, 4.69) is 4.98 Å². The van der Waals surface area contributed by atoms with Crippen molar-refractivity contribution >= 4 is 48.4 Å². The Morgan fingerprint density at radius 2 is 2.05 bits per heavy atom. The van der Waals surface area contributed by atoms with Crippen molar-refractivity contribution in [3.8, 4) is 0 Å². The second kappa shape index (κ2) is 5.16. The number of nitrogens with zero attached hydrogens (tertiary/aromatic N) is 2. The number of fused-ring (bicyclic) bond motifs is 1. The van der Waals surface area contributed by atoms with Crippen molar-refractivity contribution in [3.63, 3.8) is 0 Å². The molecule has 0 spiro atoms. The normalized spacial score (nSPS) is 13.9. The minimum Gasteiger partial charge on any atom is -0.279 e. The summed E-state index contributed by atoms with van der Waals surface area (Å²) < 4.78 is 26.3. The van der Waals surface area contributed by atoms with Crippen LogP contribution < -0.4 is 0 Å². The van der Waals surface area contributed by atoms with E-state index in [1.54, 1.807) is 18.2 Å². The fourth-order valence-corrected chi connectivity index (χ4v) is 4.35. The van der Waals surface area contributed by atoms with Gasteiger partial charge >= 0.3 is 0 Å². The Morgan fingerprint density at radius 3 is 2.63 bits per heavy atom. The number of benzene rings is 1. The molecule has 2 rings (SSSR count). The number of likely N-dealkylation sites (N-methyl/N-ethyl adjacent to an activating group) is 1. The third kappa shape index (κ3) is 2.64. The van der Waals surface area contributed by atoms with Crippen molar-refractivity contribution in [1.29, 1.82) is 0 Å². The lowest BCUT2D eigenvalue weighted by atomic mass is 10.3. The summed E-state index contributed by atoms with van der Waals surface area (Å²) in [6.45, 7) is 1.43. The second-order valence-corrected chi connectivity index (χ2v) is 7.52. The first-order valence-corrected chi connectivity index (χ1v) is 8.00. The van der Waals surface area contributed by atoms with Crippen LogP contribution in [0.2, 0.25) is 0 Å². The van der Waals surface area contributed by atoms with Gasteiger partial charge in [0.15, 0.2) is 0 Å². The lowest BCUT2D eigenvalue weighted by Crippen LogP contribution is -2.38. The van der Waals surface area contributed by atoms with Crippen LogP contribution in [0.3, 0.4) is 0 Å². The van der Waals surface area contributed by atoms with Crippen LogP contribution in [0.1, 0.15) is 6.92 Å². The average molecular weight is 319 g/mol. The molecule has 19 heavy (non-hydrogen) atoms. The summed E-state index contributed by atoms with van der Waals surface area (Å²) in [5, 5.41) is -0.729. The van der Waals surface area contributed by atoms with Crippen LogP contribution in [0.4, 0.5) is 0 Å². The largest absolute Gasteiger partial charge is 0.279 e. The zero-order valence-electron chi connectivity index (χ0n) is 10.2. The van der Waals surface area contributed by atoms with Crippen molar-refractivity contribution in [2.24, 2.45) is 0 Å². The van der Waals surface area contributed by atoms with Crippen molar-refractivity contribution in [2.45, 2.75) is 17.3 Å². The molecule has 0 saturated heterocycles. The third-order valence-electron chi connectivity index (χ3n) is 2.75. The summed E-state index contributed by atoms with van der Waals surface area (Å²) in [4.78, 5) is 15.2. The lowest BCUT2D eigenvalue weighted by Gasteiger charge is -2.19. The van der Waals surface area contributed by atoms with Gasteiger partial charge in [0, 0.05) is 7.05 Å². The van der Waals surface area contributed by atoms with Gasteiger partial charge < -0.3 is 0 Å². The monoisotopic (exact) mass is 318 g/mol. The highest BCUT2D eigenvalue weighted by molar-refractivity contribution is 7.91. The van der Waals surface area contributed by atoms with Gasteiger partial charge in [-0.15, -0.1) is 11.3 Å². The molecule has 0 aliphatic carbocycles. The molecule has 1 aromatic heterocycles. The highest BCUT2D eigenvalue weighted by Gasteiger charge is 2.31. The molecule has 1 aromatic carbocycles. The van der Waals surface area contributed by atoms with Gasteiger partial charge in [-0.05, 0) is 30.7 Å². The molecular weight excluding hydrogens is 308 g/mol. The van der Waals surface area contributed by atoms with Gasteiger partial charge in [0.2, 0.25) is 9.58 Å². The Labute approximate surface area is 119 Å². The Hall–Kier alpha value is -1.02. The minimum atomic E-state index is -3.81. The standard InChI is InChI=1S/C11H11ClN2O3S2/c1-7(10(12)15)14(2)19(16,17)11-13-8-5-3-4-6-9(8)18-11/h3-7H,1-2H3/t7-/m0/s1. The Bertz CT molecular complexity index is 693. The third-order valence-corrected chi connectivity index (χ3v) is 6.38. The predicted octanol–water partition coefficient (Wildman–Crippen LogP) is 2.07. The van der Waals surface area contributed by atoms with E-state index in [1.165, 1.54) is 14.0 Å². The van der Waals surface area contributed by atoms with Crippen LogP contribution in [-0.2, 0) is 14.8 Å². The summed E-state index contributed by atoms with van der Waals surface area (Å²) in [7, 11) is -2.50. The number of para-hydroxylation sites is 1. The molecule has 8 heteroatoms. The number of aromatic nitrogens is 1. The molecule has 102 valence electrons. The molecule has 0 saturated carbocycles. The molecular formula is C11H11ClN2O3S2. The van der Waals surface area contributed by atoms with Crippen LogP contribution in [0, 0.1) is 0 Å². The van der Waals surface area contributed by atoms with Crippen LogP contribution in [0.15, 0.2) is 28.6 Å². The van der Waals surface area contributed by atoms with Crippen LogP contribution >= 0.6 is 22.9 Å². The smallest absolute Gasteiger partial charge is 0.270 e. The summed E-state index contributed by atoms with van der Waals surface area (Å²) >= 11 is 6.40. The molecule has 0 unspecified atom stereocenters. The maximum atomic E-state index is 12.3. The molecule has 0 aliphatic rings. The fourth-order valence-electron chi connectivity index (χ4n) is 1.44. The van der Waals surface area contributed by atoms with Gasteiger partial charge in [0.25, 0.3) is 10.0 Å². The zero-order chi connectivity index (χ0) is 14.2. The molecule has 2 aromatic rings. The van der Waals surface area contributed by atoms with Crippen molar-refractivity contribution in [2.75, 3.05) is 7.05 Å². The number of hydrogen-bond donors (Lipinski definition) is 0. The van der Waals surface area contributed by atoms with Gasteiger partial charge in [0.1, 0.15) is 0 Å². The van der Waals surface area contributed by atoms with E-state index in [0.29, 0.717) is 5.52 Å². The van der Waals surface area contributed by atoms with Gasteiger partial charge in [-0.3, -0.25) is 4.79 Å². The number of carbonyl (C=O) groups is 1. The Kier molecular flexibility index (Phi) is 3.91. The number of carbonyl (C=O) groups excluding carboxylic acids is 1. The number of sulfonamides is 1. The number of rotatable bonds is 4. The second-order valence-electron chi connectivity index (χ2n) is 3.95. The molecule has 5 nitrogen and oxygen atoms in total. The molecule has 0 fully saturated rings. The number of hydrogen-bond acceptors (Lipinski definition) is 5. The molecule has 0 amide bonds. The maximum absolute atomic E-state index is 12.3. The average Bonchev–Trinajstić information content (AvgIpc) is 2.81. The van der Waals surface area contributed by atoms with Crippen molar-refractivity contribution in [3.05, 3.63) is 24.3 Å². The van der Waals surface area contributed by atoms with Gasteiger partial charge in [0.05, 0.1) is 16.3 Å². The molecule has 0 N–H and O–H groups in total. The number of halogens is 1. The fraction of sp³-hybridized carbons (Fsp3) is 0.273. The van der Waals surface area contributed by atoms with E-state index >= 15 is 0 Å². The van der Waals surface area contributed by atoms with Gasteiger partial charge in [-0.2, -0.15) is 4.31 Å². The first-order chi connectivity index (χ1) is 8.84. The SMILES string of the molecule is C[C@@H](C(=O)Cl)N(C)S(=O)(=O)c1nc2ccccc2s1. The molecule has 0 aliphatic heterocycles. The first kappa shape index (κ1) is 14.4. The topological polar surface area (TPSA) is 67.3 Å². The van der Waals surface area contributed by atoms with Crippen LogP contribution in [0.25, 0.3) is 10.2 Å². The van der Waals surface area contributed by atoms with Crippen LogP contribution in [-0.4, -0.2) is 36.0 Å². The van der Waals surface area contributed by atoms with Crippen molar-refractivity contribution < 1.29 is 13.2 Å². The van der Waals surface area contributed by atoms with E-state index < -0.39 is 21.3 Å². The van der Waals surface area contributed by atoms with Crippen LogP contribution in [0.5, 0.6) is 0 Å². The summed E-state index contributed by atoms with van der Waals surface area (Å²) in [6.07, 6.45) is 0. The molecule has 0 bridgehead atoms. The van der Waals surface area contributed by atoms with E-state index in [1.807, 2.05) is 6.07 Å². The van der Waals surface area contributed by atoms with E-state index in [9.17, 15) is 13.2 Å². The van der Waals surface area contributed by atoms with Crippen molar-refractivity contribution in [1.82, 2.24) is 9.29 Å². The summed E-state index contributed by atoms with van der Waals surface area (Å²) in [6, 6.07) is 6.19.